The normalized spacial score (nSPS) is 13.9. The molecule has 0 saturated heterocycles. The summed E-state index contributed by atoms with van der Waals surface area (Å²) in [5, 5.41) is 5.23. The maximum absolute atomic E-state index is 13.1. The van der Waals surface area contributed by atoms with E-state index in [0.717, 1.165) is 41.1 Å². The zero-order valence-electron chi connectivity index (χ0n) is 24.6. The summed E-state index contributed by atoms with van der Waals surface area (Å²) in [5.41, 5.74) is 2.26. The quantitative estimate of drug-likeness (QED) is 0.129. The van der Waals surface area contributed by atoms with E-state index >= 15 is 0 Å². The molecule has 0 bridgehead atoms. The number of esters is 1. The molecule has 0 radical (unpaired) electrons. The van der Waals surface area contributed by atoms with Crippen molar-refractivity contribution in [1.29, 1.82) is 0 Å². The van der Waals surface area contributed by atoms with Gasteiger partial charge in [-0.1, -0.05) is 57.6 Å². The van der Waals surface area contributed by atoms with Crippen LogP contribution >= 0.6 is 0 Å². The molecule has 2 aromatic carbocycles. The highest BCUT2D eigenvalue weighted by Gasteiger charge is 2.29. The predicted octanol–water partition coefficient (Wildman–Crippen LogP) is 8.75. The maximum Gasteiger partial charge on any atom is 0.422 e. The maximum atomic E-state index is 13.1. The number of benzene rings is 2. The molecule has 0 amide bonds. The van der Waals surface area contributed by atoms with Gasteiger partial charge in [0, 0.05) is 22.4 Å². The molecule has 0 spiro atoms. The molecule has 1 aromatic heterocycles. The first-order valence-electron chi connectivity index (χ1n) is 14.3. The van der Waals surface area contributed by atoms with E-state index in [1.54, 1.807) is 19.1 Å². The molecule has 1 N–H and O–H groups in total. The number of aryl methyl sites for hydroxylation is 1. The monoisotopic (exact) mass is 560 g/mol. The number of fused-ring (bicyclic) bond motifs is 2. The van der Waals surface area contributed by atoms with Crippen molar-refractivity contribution in [3.05, 3.63) is 47.5 Å². The number of pyridine rings is 1. The second-order valence-electron chi connectivity index (χ2n) is 11.6. The van der Waals surface area contributed by atoms with Crippen LogP contribution in [0.3, 0.4) is 0 Å². The van der Waals surface area contributed by atoms with Crippen LogP contribution in [0.1, 0.15) is 96.7 Å². The van der Waals surface area contributed by atoms with Crippen molar-refractivity contribution < 1.29 is 27.4 Å². The van der Waals surface area contributed by atoms with Crippen molar-refractivity contribution in [2.45, 2.75) is 110 Å². The Hall–Kier alpha value is -2.87. The number of unbranched alkanes of at least 4 members (excludes halogenated alkanes) is 5. The molecule has 220 valence electrons. The number of nitrogens with zero attached hydrogens (tertiary/aromatic N) is 1. The van der Waals surface area contributed by atoms with Gasteiger partial charge < -0.3 is 9.47 Å². The number of carbonyl (C=O) groups is 1. The number of hydrogen-bond acceptors (Lipinski definition) is 5. The van der Waals surface area contributed by atoms with E-state index in [2.05, 4.69) is 12.2 Å². The van der Waals surface area contributed by atoms with Crippen LogP contribution in [0.2, 0.25) is 0 Å². The van der Waals surface area contributed by atoms with Gasteiger partial charge in [0.1, 0.15) is 17.4 Å². The number of alkyl halides is 3. The zero-order valence-corrected chi connectivity index (χ0v) is 24.6. The third kappa shape index (κ3) is 9.36. The molecule has 0 aliphatic carbocycles. The van der Waals surface area contributed by atoms with Crippen molar-refractivity contribution in [2.24, 2.45) is 0 Å². The van der Waals surface area contributed by atoms with Gasteiger partial charge in [0.05, 0.1) is 11.0 Å². The molecular weight excluding hydrogens is 517 g/mol. The molecule has 2 atom stereocenters. The highest BCUT2D eigenvalue weighted by molar-refractivity contribution is 5.95. The summed E-state index contributed by atoms with van der Waals surface area (Å²) >= 11 is 0. The highest BCUT2D eigenvalue weighted by atomic mass is 19.4. The molecule has 40 heavy (non-hydrogen) atoms. The summed E-state index contributed by atoms with van der Waals surface area (Å²) in [7, 11) is 0. The molecule has 3 rings (SSSR count). The van der Waals surface area contributed by atoms with Crippen LogP contribution in [-0.2, 0) is 9.53 Å². The average Bonchev–Trinajstić information content (AvgIpc) is 2.86. The van der Waals surface area contributed by atoms with Crippen LogP contribution < -0.4 is 10.1 Å². The fourth-order valence-electron chi connectivity index (χ4n) is 4.79. The number of ether oxygens (including phenoxy) is 2. The standard InChI is InChI=1S/C32H43F3N2O3/c1-7-8-9-10-11-12-13-26(30(38)40-31(4,5)6)36-22(3)23-14-15-24-18-25-16-17-28(39-20-32(33,34)35)21(2)29(25)37-27(24)19-23/h14-19,22,26,36H,7-13,20H2,1-6H3. The second kappa shape index (κ2) is 13.7. The van der Waals surface area contributed by atoms with Gasteiger partial charge in [0.15, 0.2) is 6.61 Å². The molecule has 0 saturated carbocycles. The largest absolute Gasteiger partial charge is 0.484 e. The highest BCUT2D eigenvalue weighted by Crippen LogP contribution is 2.31. The predicted molar refractivity (Wildman–Crippen MR) is 155 cm³/mol. The Balaban J connectivity index is 1.81. The summed E-state index contributed by atoms with van der Waals surface area (Å²) in [6.07, 6.45) is 3.11. The van der Waals surface area contributed by atoms with Crippen molar-refractivity contribution in [2.75, 3.05) is 6.61 Å². The number of hydrogen-bond donors (Lipinski definition) is 1. The molecule has 5 nitrogen and oxygen atoms in total. The zero-order chi connectivity index (χ0) is 29.5. The van der Waals surface area contributed by atoms with Crippen LogP contribution in [0, 0.1) is 6.92 Å². The number of carbonyl (C=O) groups excluding carboxylic acids is 1. The lowest BCUT2D eigenvalue weighted by Crippen LogP contribution is -2.42. The lowest BCUT2D eigenvalue weighted by atomic mass is 10.0. The van der Waals surface area contributed by atoms with Crippen LogP contribution in [0.5, 0.6) is 5.75 Å². The summed E-state index contributed by atoms with van der Waals surface area (Å²) in [6, 6.07) is 10.6. The first kappa shape index (κ1) is 31.7. The third-order valence-electron chi connectivity index (χ3n) is 6.89. The minimum absolute atomic E-state index is 0.151. The SMILES string of the molecule is CCCCCCCCC(NC(C)c1ccc2cc3ccc(OCC(F)(F)F)c(C)c3nc2c1)C(=O)OC(C)(C)C. The van der Waals surface area contributed by atoms with Gasteiger partial charge in [-0.25, -0.2) is 4.98 Å². The van der Waals surface area contributed by atoms with Crippen molar-refractivity contribution >= 4 is 27.8 Å². The summed E-state index contributed by atoms with van der Waals surface area (Å²) in [4.78, 5) is 17.8. The summed E-state index contributed by atoms with van der Waals surface area (Å²) in [6.45, 7) is 10.2. The van der Waals surface area contributed by atoms with E-state index < -0.39 is 24.4 Å². The molecule has 0 fully saturated rings. The first-order chi connectivity index (χ1) is 18.8. The Kier molecular flexibility index (Phi) is 10.8. The van der Waals surface area contributed by atoms with Gasteiger partial charge in [0.2, 0.25) is 0 Å². The first-order valence-corrected chi connectivity index (χ1v) is 14.3. The number of aromatic nitrogens is 1. The molecule has 0 aliphatic heterocycles. The lowest BCUT2D eigenvalue weighted by molar-refractivity contribution is -0.158. The Morgan fingerprint density at radius 3 is 2.33 bits per heavy atom. The van der Waals surface area contributed by atoms with Gasteiger partial charge in [0.25, 0.3) is 0 Å². The fourth-order valence-corrected chi connectivity index (χ4v) is 4.79. The van der Waals surface area contributed by atoms with Gasteiger partial charge in [-0.05, 0) is 70.9 Å². The fraction of sp³-hybridized carbons (Fsp3) is 0.562. The van der Waals surface area contributed by atoms with E-state index in [4.69, 9.17) is 14.5 Å². The summed E-state index contributed by atoms with van der Waals surface area (Å²) < 4.78 is 48.8. The molecular formula is C32H43F3N2O3. The Morgan fingerprint density at radius 1 is 0.975 bits per heavy atom. The Morgan fingerprint density at radius 2 is 1.65 bits per heavy atom. The number of rotatable bonds is 13. The third-order valence-corrected chi connectivity index (χ3v) is 6.89. The minimum atomic E-state index is -4.41. The van der Waals surface area contributed by atoms with Gasteiger partial charge in [-0.15, -0.1) is 0 Å². The summed E-state index contributed by atoms with van der Waals surface area (Å²) in [5.74, 6) is -0.0856. The van der Waals surface area contributed by atoms with Crippen LogP contribution in [0.25, 0.3) is 21.8 Å². The number of halogens is 3. The van der Waals surface area contributed by atoms with Crippen molar-refractivity contribution in [1.82, 2.24) is 10.3 Å². The molecule has 3 aromatic rings. The van der Waals surface area contributed by atoms with Crippen molar-refractivity contribution in [3.63, 3.8) is 0 Å². The Labute approximate surface area is 235 Å². The molecule has 0 aliphatic rings. The van der Waals surface area contributed by atoms with Crippen LogP contribution in [0.4, 0.5) is 13.2 Å². The van der Waals surface area contributed by atoms with Gasteiger partial charge in [-0.2, -0.15) is 13.2 Å². The van der Waals surface area contributed by atoms with E-state index in [1.807, 2.05) is 52.0 Å². The van der Waals surface area contributed by atoms with E-state index in [0.29, 0.717) is 17.5 Å². The van der Waals surface area contributed by atoms with Gasteiger partial charge in [-0.3, -0.25) is 10.1 Å². The Bertz CT molecular complexity index is 1280. The topological polar surface area (TPSA) is 60.5 Å². The lowest BCUT2D eigenvalue weighted by Gasteiger charge is -2.27. The molecule has 1 heterocycles. The van der Waals surface area contributed by atoms with Gasteiger partial charge >= 0.3 is 12.1 Å². The smallest absolute Gasteiger partial charge is 0.422 e. The van der Waals surface area contributed by atoms with Crippen LogP contribution in [-0.4, -0.2) is 35.4 Å². The second-order valence-corrected chi connectivity index (χ2v) is 11.6. The minimum Gasteiger partial charge on any atom is -0.484 e. The average molecular weight is 561 g/mol. The van der Waals surface area contributed by atoms with Crippen LogP contribution in [0.15, 0.2) is 36.4 Å². The molecule has 8 heteroatoms. The number of nitrogens with one attached hydrogen (secondary N) is 1. The van der Waals surface area contributed by atoms with Crippen molar-refractivity contribution in [3.8, 4) is 5.75 Å². The molecule has 2 unspecified atom stereocenters. The van der Waals surface area contributed by atoms with E-state index in [9.17, 15) is 18.0 Å². The van der Waals surface area contributed by atoms with E-state index in [-0.39, 0.29) is 17.8 Å². The van der Waals surface area contributed by atoms with E-state index in [1.165, 1.54) is 19.3 Å².